The largest absolute Gasteiger partial charge is 0.336 e. The standard InChI is InChI=1S/C19H18ClN5O2S/c1-25(11-16(26)21-15-10-6-5-9-14(15)20)17(27)12-28-19-22-18(23-24-19)13-7-3-2-4-8-13/h2-10H,11-12H2,1H3,(H,21,26)(H,22,23,24). The monoisotopic (exact) mass is 415 g/mol. The van der Waals surface area contributed by atoms with Gasteiger partial charge in [-0.05, 0) is 12.1 Å². The Balaban J connectivity index is 1.49. The summed E-state index contributed by atoms with van der Waals surface area (Å²) in [5.74, 6) is 0.244. The van der Waals surface area contributed by atoms with E-state index in [9.17, 15) is 9.59 Å². The highest BCUT2D eigenvalue weighted by molar-refractivity contribution is 7.99. The molecule has 144 valence electrons. The summed E-state index contributed by atoms with van der Waals surface area (Å²) in [5.41, 5.74) is 1.43. The molecule has 0 spiro atoms. The number of carbonyl (C=O) groups excluding carboxylic acids is 2. The summed E-state index contributed by atoms with van der Waals surface area (Å²) in [7, 11) is 1.57. The fourth-order valence-corrected chi connectivity index (χ4v) is 3.25. The third kappa shape index (κ3) is 5.34. The van der Waals surface area contributed by atoms with E-state index < -0.39 is 0 Å². The van der Waals surface area contributed by atoms with Crippen molar-refractivity contribution in [3.05, 3.63) is 59.6 Å². The predicted molar refractivity (Wildman–Crippen MR) is 110 cm³/mol. The maximum atomic E-state index is 12.3. The number of likely N-dealkylation sites (N-methyl/N-ethyl adjacent to an activating group) is 1. The topological polar surface area (TPSA) is 91.0 Å². The van der Waals surface area contributed by atoms with Crippen molar-refractivity contribution >= 4 is 40.9 Å². The molecule has 0 aliphatic heterocycles. The second kappa shape index (κ2) is 9.38. The van der Waals surface area contributed by atoms with E-state index in [4.69, 9.17) is 11.6 Å². The number of benzene rings is 2. The van der Waals surface area contributed by atoms with E-state index >= 15 is 0 Å². The molecule has 3 aromatic rings. The summed E-state index contributed by atoms with van der Waals surface area (Å²) in [4.78, 5) is 30.1. The zero-order valence-electron chi connectivity index (χ0n) is 15.1. The molecular formula is C19H18ClN5O2S. The molecule has 2 N–H and O–H groups in total. The molecule has 7 nitrogen and oxygen atoms in total. The number of aromatic nitrogens is 3. The smallest absolute Gasteiger partial charge is 0.244 e. The van der Waals surface area contributed by atoms with Crippen molar-refractivity contribution in [3.63, 3.8) is 0 Å². The number of rotatable bonds is 7. The third-order valence-electron chi connectivity index (χ3n) is 3.79. The van der Waals surface area contributed by atoms with E-state index in [-0.39, 0.29) is 24.1 Å². The van der Waals surface area contributed by atoms with Gasteiger partial charge in [0, 0.05) is 12.6 Å². The fourth-order valence-electron chi connectivity index (χ4n) is 2.33. The van der Waals surface area contributed by atoms with Crippen LogP contribution >= 0.6 is 23.4 Å². The zero-order chi connectivity index (χ0) is 19.9. The molecule has 0 unspecified atom stereocenters. The molecule has 28 heavy (non-hydrogen) atoms. The minimum absolute atomic E-state index is 0.0755. The number of nitrogens with zero attached hydrogens (tertiary/aromatic N) is 3. The third-order valence-corrected chi connectivity index (χ3v) is 4.95. The highest BCUT2D eigenvalue weighted by atomic mass is 35.5. The second-order valence-corrected chi connectivity index (χ2v) is 7.25. The van der Waals surface area contributed by atoms with Gasteiger partial charge < -0.3 is 10.2 Å². The zero-order valence-corrected chi connectivity index (χ0v) is 16.6. The van der Waals surface area contributed by atoms with Gasteiger partial charge in [0.05, 0.1) is 23.0 Å². The van der Waals surface area contributed by atoms with Crippen LogP contribution < -0.4 is 5.32 Å². The summed E-state index contributed by atoms with van der Waals surface area (Å²) in [6.45, 7) is -0.0755. The first-order chi connectivity index (χ1) is 13.5. The lowest BCUT2D eigenvalue weighted by Gasteiger charge is -2.16. The number of thioether (sulfide) groups is 1. The van der Waals surface area contributed by atoms with Gasteiger partial charge in [0.1, 0.15) is 0 Å². The first kappa shape index (κ1) is 19.9. The molecule has 0 fully saturated rings. The fraction of sp³-hybridized carbons (Fsp3) is 0.158. The summed E-state index contributed by atoms with van der Waals surface area (Å²) in [6.07, 6.45) is 0. The van der Waals surface area contributed by atoms with Crippen LogP contribution in [0.3, 0.4) is 0 Å². The average molecular weight is 416 g/mol. The minimum atomic E-state index is -0.321. The van der Waals surface area contributed by atoms with Crippen molar-refractivity contribution in [1.29, 1.82) is 0 Å². The lowest BCUT2D eigenvalue weighted by atomic mass is 10.2. The van der Waals surface area contributed by atoms with Gasteiger partial charge in [0.2, 0.25) is 17.0 Å². The van der Waals surface area contributed by atoms with Crippen molar-refractivity contribution < 1.29 is 9.59 Å². The molecule has 0 saturated carbocycles. The first-order valence-corrected chi connectivity index (χ1v) is 9.78. The van der Waals surface area contributed by atoms with Crippen molar-refractivity contribution in [2.45, 2.75) is 5.16 Å². The summed E-state index contributed by atoms with van der Waals surface area (Å²) in [5, 5.41) is 10.6. The van der Waals surface area contributed by atoms with E-state index in [1.807, 2.05) is 30.3 Å². The van der Waals surface area contributed by atoms with Crippen molar-refractivity contribution in [1.82, 2.24) is 20.1 Å². The van der Waals surface area contributed by atoms with Crippen molar-refractivity contribution in [2.75, 3.05) is 24.7 Å². The van der Waals surface area contributed by atoms with Gasteiger partial charge >= 0.3 is 0 Å². The van der Waals surface area contributed by atoms with Gasteiger partial charge in [-0.2, -0.15) is 0 Å². The Labute approximate surface area is 171 Å². The predicted octanol–water partition coefficient (Wildman–Crippen LogP) is 3.31. The van der Waals surface area contributed by atoms with Crippen LogP contribution in [0.15, 0.2) is 59.8 Å². The van der Waals surface area contributed by atoms with Gasteiger partial charge in [-0.1, -0.05) is 65.8 Å². The van der Waals surface area contributed by atoms with E-state index in [0.717, 1.165) is 5.56 Å². The molecule has 0 aliphatic rings. The number of aromatic amines is 1. The lowest BCUT2D eigenvalue weighted by molar-refractivity contribution is -0.131. The van der Waals surface area contributed by atoms with Crippen LogP contribution in [-0.2, 0) is 9.59 Å². The van der Waals surface area contributed by atoms with Crippen molar-refractivity contribution in [2.24, 2.45) is 0 Å². The number of hydrogen-bond acceptors (Lipinski definition) is 5. The Kier molecular flexibility index (Phi) is 6.67. The normalized spacial score (nSPS) is 10.5. The van der Waals surface area contributed by atoms with E-state index in [0.29, 0.717) is 21.7 Å². The molecule has 2 amide bonds. The van der Waals surface area contributed by atoms with E-state index in [1.54, 1.807) is 31.3 Å². The number of amides is 2. The molecule has 3 rings (SSSR count). The van der Waals surface area contributed by atoms with Crippen LogP contribution in [0.25, 0.3) is 11.4 Å². The second-order valence-electron chi connectivity index (χ2n) is 5.90. The van der Waals surface area contributed by atoms with Crippen LogP contribution in [0.4, 0.5) is 5.69 Å². The molecule has 0 saturated heterocycles. The summed E-state index contributed by atoms with van der Waals surface area (Å²) < 4.78 is 0. The molecule has 0 bridgehead atoms. The van der Waals surface area contributed by atoms with Gasteiger partial charge in [-0.15, -0.1) is 5.10 Å². The highest BCUT2D eigenvalue weighted by Gasteiger charge is 2.15. The van der Waals surface area contributed by atoms with Gasteiger partial charge in [0.25, 0.3) is 0 Å². The van der Waals surface area contributed by atoms with E-state index in [2.05, 4.69) is 20.5 Å². The molecule has 9 heteroatoms. The van der Waals surface area contributed by atoms with Gasteiger partial charge in [-0.3, -0.25) is 14.7 Å². The molecule has 2 aromatic carbocycles. The van der Waals surface area contributed by atoms with Crippen LogP contribution in [0.2, 0.25) is 5.02 Å². The Morgan fingerprint density at radius 1 is 1.14 bits per heavy atom. The summed E-state index contributed by atoms with van der Waals surface area (Å²) in [6, 6.07) is 16.5. The Morgan fingerprint density at radius 2 is 1.86 bits per heavy atom. The van der Waals surface area contributed by atoms with Crippen LogP contribution in [-0.4, -0.2) is 51.2 Å². The Morgan fingerprint density at radius 3 is 2.61 bits per heavy atom. The number of carbonyl (C=O) groups is 2. The average Bonchev–Trinajstić information content (AvgIpc) is 3.17. The molecule has 1 aromatic heterocycles. The lowest BCUT2D eigenvalue weighted by Crippen LogP contribution is -2.36. The van der Waals surface area contributed by atoms with Crippen LogP contribution in [0.5, 0.6) is 0 Å². The van der Waals surface area contributed by atoms with Gasteiger partial charge in [0.15, 0.2) is 5.82 Å². The molecule has 1 heterocycles. The highest BCUT2D eigenvalue weighted by Crippen LogP contribution is 2.21. The number of anilines is 1. The SMILES string of the molecule is CN(CC(=O)Nc1ccccc1Cl)C(=O)CSc1n[nH]c(-c2ccccc2)n1. The maximum Gasteiger partial charge on any atom is 0.244 e. The van der Waals surface area contributed by atoms with Crippen molar-refractivity contribution in [3.8, 4) is 11.4 Å². The summed E-state index contributed by atoms with van der Waals surface area (Å²) >= 11 is 7.22. The minimum Gasteiger partial charge on any atom is -0.336 e. The van der Waals surface area contributed by atoms with Crippen LogP contribution in [0.1, 0.15) is 0 Å². The number of halogens is 1. The Bertz CT molecular complexity index is 964. The number of hydrogen-bond donors (Lipinski definition) is 2. The maximum absolute atomic E-state index is 12.3. The van der Waals surface area contributed by atoms with E-state index in [1.165, 1.54) is 16.7 Å². The molecule has 0 atom stereocenters. The molecule has 0 aliphatic carbocycles. The molecule has 0 radical (unpaired) electrons. The Hall–Kier alpha value is -2.84. The number of para-hydroxylation sites is 1. The number of nitrogens with one attached hydrogen (secondary N) is 2. The molecular weight excluding hydrogens is 398 g/mol. The first-order valence-electron chi connectivity index (χ1n) is 8.42. The number of H-pyrrole nitrogens is 1. The van der Waals surface area contributed by atoms with Crippen LogP contribution in [0, 0.1) is 0 Å². The quantitative estimate of drug-likeness (QED) is 0.577. The van der Waals surface area contributed by atoms with Gasteiger partial charge in [-0.25, -0.2) is 4.98 Å².